The van der Waals surface area contributed by atoms with E-state index in [0.717, 1.165) is 17.0 Å². The van der Waals surface area contributed by atoms with Crippen molar-refractivity contribution in [3.8, 4) is 11.3 Å². The largest absolute Gasteiger partial charge is 0.335 e. The fraction of sp³-hybridized carbons (Fsp3) is 0.167. The standard InChI is InChI=1S/C12H12N2S2/c1-8-7-11(14-12(15)13-8)9-3-5-10(16-2)6-4-9/h3-7H,1-2H3,(H,13,14,15). The minimum atomic E-state index is 0.531. The molecule has 2 rings (SSSR count). The van der Waals surface area contributed by atoms with Crippen molar-refractivity contribution in [2.45, 2.75) is 11.8 Å². The van der Waals surface area contributed by atoms with Crippen LogP contribution in [0.5, 0.6) is 0 Å². The molecule has 0 saturated carbocycles. The normalized spacial score (nSPS) is 10.4. The molecule has 1 aromatic carbocycles. The van der Waals surface area contributed by atoms with E-state index in [1.165, 1.54) is 4.90 Å². The molecule has 0 aliphatic carbocycles. The molecule has 0 amide bonds. The highest BCUT2D eigenvalue weighted by Crippen LogP contribution is 2.21. The summed E-state index contributed by atoms with van der Waals surface area (Å²) in [4.78, 5) is 8.57. The van der Waals surface area contributed by atoms with Crippen molar-refractivity contribution in [2.75, 3.05) is 6.26 Å². The molecule has 2 nitrogen and oxygen atoms in total. The van der Waals surface area contributed by atoms with Gasteiger partial charge in [0.15, 0.2) is 4.77 Å². The van der Waals surface area contributed by atoms with Gasteiger partial charge in [-0.1, -0.05) is 12.1 Å². The van der Waals surface area contributed by atoms with E-state index in [2.05, 4.69) is 40.5 Å². The van der Waals surface area contributed by atoms with Crippen LogP contribution in [0, 0.1) is 11.7 Å². The number of aromatic nitrogens is 2. The molecule has 4 heteroatoms. The van der Waals surface area contributed by atoms with Gasteiger partial charge in [-0.2, -0.15) is 0 Å². The zero-order valence-corrected chi connectivity index (χ0v) is 10.8. The Labute approximate surface area is 104 Å². The lowest BCUT2D eigenvalue weighted by atomic mass is 10.1. The summed E-state index contributed by atoms with van der Waals surface area (Å²) in [6.45, 7) is 1.98. The maximum Gasteiger partial charge on any atom is 0.197 e. The number of hydrogen-bond donors (Lipinski definition) is 1. The summed E-state index contributed by atoms with van der Waals surface area (Å²) < 4.78 is 0.531. The second-order valence-corrected chi connectivity index (χ2v) is 4.75. The topological polar surface area (TPSA) is 28.7 Å². The number of H-pyrrole nitrogens is 1. The Morgan fingerprint density at radius 3 is 2.50 bits per heavy atom. The Morgan fingerprint density at radius 2 is 1.94 bits per heavy atom. The van der Waals surface area contributed by atoms with Crippen LogP contribution in [0.2, 0.25) is 0 Å². The Morgan fingerprint density at radius 1 is 1.25 bits per heavy atom. The lowest BCUT2D eigenvalue weighted by Gasteiger charge is -2.03. The molecule has 0 bridgehead atoms. The summed E-state index contributed by atoms with van der Waals surface area (Å²) in [6, 6.07) is 10.3. The molecule has 1 heterocycles. The molecule has 1 N–H and O–H groups in total. The molecule has 0 unspecified atom stereocenters. The van der Waals surface area contributed by atoms with Crippen molar-refractivity contribution >= 4 is 24.0 Å². The summed E-state index contributed by atoms with van der Waals surface area (Å²) in [5.74, 6) is 0. The highest BCUT2D eigenvalue weighted by Gasteiger charge is 2.00. The van der Waals surface area contributed by atoms with Gasteiger partial charge in [0.1, 0.15) is 0 Å². The molecule has 1 aromatic heterocycles. The molecule has 82 valence electrons. The highest BCUT2D eigenvalue weighted by atomic mass is 32.2. The van der Waals surface area contributed by atoms with E-state index in [0.29, 0.717) is 4.77 Å². The molecule has 0 atom stereocenters. The van der Waals surface area contributed by atoms with E-state index in [9.17, 15) is 0 Å². The summed E-state index contributed by atoms with van der Waals surface area (Å²) in [5.41, 5.74) is 3.05. The minimum absolute atomic E-state index is 0.531. The molecule has 16 heavy (non-hydrogen) atoms. The Bertz CT molecular complexity index is 544. The number of aryl methyl sites for hydroxylation is 1. The third kappa shape index (κ3) is 2.51. The number of nitrogens with one attached hydrogen (secondary N) is 1. The maximum atomic E-state index is 5.06. The van der Waals surface area contributed by atoms with E-state index in [-0.39, 0.29) is 0 Å². The zero-order valence-electron chi connectivity index (χ0n) is 9.15. The van der Waals surface area contributed by atoms with Gasteiger partial charge >= 0.3 is 0 Å². The number of rotatable bonds is 2. The molecular formula is C12H12N2S2. The van der Waals surface area contributed by atoms with Crippen LogP contribution >= 0.6 is 24.0 Å². The van der Waals surface area contributed by atoms with E-state index < -0.39 is 0 Å². The lowest BCUT2D eigenvalue weighted by molar-refractivity contribution is 1.08. The van der Waals surface area contributed by atoms with Gasteiger partial charge in [0.05, 0.1) is 5.69 Å². The van der Waals surface area contributed by atoms with E-state index in [1.807, 2.05) is 13.0 Å². The van der Waals surface area contributed by atoms with Crippen LogP contribution in [0.25, 0.3) is 11.3 Å². The molecule has 0 saturated heterocycles. The van der Waals surface area contributed by atoms with Gasteiger partial charge in [-0.25, -0.2) is 4.98 Å². The first-order chi connectivity index (χ1) is 7.69. The number of benzene rings is 1. The van der Waals surface area contributed by atoms with Gasteiger partial charge in [-0.15, -0.1) is 11.8 Å². The molecule has 0 spiro atoms. The summed E-state index contributed by atoms with van der Waals surface area (Å²) in [7, 11) is 0. The smallest absolute Gasteiger partial charge is 0.197 e. The van der Waals surface area contributed by atoms with Crippen molar-refractivity contribution in [2.24, 2.45) is 0 Å². The summed E-state index contributed by atoms with van der Waals surface area (Å²) in [6.07, 6.45) is 2.07. The lowest BCUT2D eigenvalue weighted by Crippen LogP contribution is -1.90. The van der Waals surface area contributed by atoms with Gasteiger partial charge in [0.25, 0.3) is 0 Å². The Hall–Kier alpha value is -1.13. The van der Waals surface area contributed by atoms with E-state index in [4.69, 9.17) is 12.2 Å². The van der Waals surface area contributed by atoms with Crippen LogP contribution in [-0.2, 0) is 0 Å². The first-order valence-corrected chi connectivity index (χ1v) is 6.55. The molecular weight excluding hydrogens is 236 g/mol. The predicted molar refractivity (Wildman–Crippen MR) is 71.4 cm³/mol. The third-order valence-corrected chi connectivity index (χ3v) is 3.20. The van der Waals surface area contributed by atoms with Crippen molar-refractivity contribution in [3.05, 3.63) is 40.8 Å². The molecule has 0 aliphatic heterocycles. The number of aromatic amines is 1. The average Bonchev–Trinajstić information content (AvgIpc) is 2.28. The first kappa shape index (κ1) is 11.4. The zero-order chi connectivity index (χ0) is 11.5. The van der Waals surface area contributed by atoms with Crippen LogP contribution in [0.3, 0.4) is 0 Å². The minimum Gasteiger partial charge on any atom is -0.335 e. The molecule has 0 fully saturated rings. The number of nitrogens with zero attached hydrogens (tertiary/aromatic N) is 1. The quantitative estimate of drug-likeness (QED) is 0.646. The summed E-state index contributed by atoms with van der Waals surface area (Å²) >= 11 is 6.80. The second kappa shape index (κ2) is 4.80. The van der Waals surface area contributed by atoms with Crippen LogP contribution in [-0.4, -0.2) is 16.2 Å². The van der Waals surface area contributed by atoms with Crippen LogP contribution < -0.4 is 0 Å². The van der Waals surface area contributed by atoms with Crippen LogP contribution in [0.4, 0.5) is 0 Å². The summed E-state index contributed by atoms with van der Waals surface area (Å²) in [5, 5.41) is 0. The molecule has 0 radical (unpaired) electrons. The van der Waals surface area contributed by atoms with Gasteiger partial charge in [0, 0.05) is 16.2 Å². The average molecular weight is 248 g/mol. The Kier molecular flexibility index (Phi) is 3.41. The van der Waals surface area contributed by atoms with Crippen LogP contribution in [0.15, 0.2) is 35.2 Å². The SMILES string of the molecule is CSc1ccc(-c2cc(C)[nH]c(=S)n2)cc1. The van der Waals surface area contributed by atoms with Gasteiger partial charge in [0.2, 0.25) is 0 Å². The second-order valence-electron chi connectivity index (χ2n) is 3.48. The Balaban J connectivity index is 2.46. The van der Waals surface area contributed by atoms with E-state index in [1.54, 1.807) is 11.8 Å². The monoisotopic (exact) mass is 248 g/mol. The third-order valence-electron chi connectivity index (χ3n) is 2.27. The van der Waals surface area contributed by atoms with Crippen molar-refractivity contribution < 1.29 is 0 Å². The number of hydrogen-bond acceptors (Lipinski definition) is 3. The van der Waals surface area contributed by atoms with E-state index >= 15 is 0 Å². The van der Waals surface area contributed by atoms with Crippen molar-refractivity contribution in [3.63, 3.8) is 0 Å². The van der Waals surface area contributed by atoms with Crippen molar-refractivity contribution in [1.29, 1.82) is 0 Å². The fourth-order valence-corrected chi connectivity index (χ4v) is 2.16. The van der Waals surface area contributed by atoms with Gasteiger partial charge in [-0.05, 0) is 43.6 Å². The van der Waals surface area contributed by atoms with Crippen LogP contribution in [0.1, 0.15) is 5.69 Å². The highest BCUT2D eigenvalue weighted by molar-refractivity contribution is 7.98. The molecule has 0 aliphatic rings. The van der Waals surface area contributed by atoms with Gasteiger partial charge in [-0.3, -0.25) is 0 Å². The van der Waals surface area contributed by atoms with Crippen molar-refractivity contribution in [1.82, 2.24) is 9.97 Å². The predicted octanol–water partition coefficient (Wildman–Crippen LogP) is 3.84. The first-order valence-electron chi connectivity index (χ1n) is 4.91. The molecule has 2 aromatic rings. The fourth-order valence-electron chi connectivity index (χ4n) is 1.49. The maximum absolute atomic E-state index is 5.06. The number of thioether (sulfide) groups is 1. The van der Waals surface area contributed by atoms with Gasteiger partial charge < -0.3 is 4.98 Å².